The summed E-state index contributed by atoms with van der Waals surface area (Å²) in [6.07, 6.45) is 3.74. The lowest BCUT2D eigenvalue weighted by Gasteiger charge is -2.20. The zero-order valence-corrected chi connectivity index (χ0v) is 19.8. The van der Waals surface area contributed by atoms with Crippen LogP contribution in [0.4, 0.5) is 0 Å². The van der Waals surface area contributed by atoms with E-state index in [1.807, 2.05) is 4.72 Å². The van der Waals surface area contributed by atoms with Crippen LogP contribution in [-0.2, 0) is 19.8 Å². The van der Waals surface area contributed by atoms with Crippen molar-refractivity contribution in [2.24, 2.45) is 5.73 Å². The fourth-order valence-electron chi connectivity index (χ4n) is 2.95. The molecular formula is C19H35N5O8S. The zero-order valence-electron chi connectivity index (χ0n) is 18.9. The molecule has 1 rings (SSSR count). The summed E-state index contributed by atoms with van der Waals surface area (Å²) in [6.45, 7) is 2.75. The quantitative estimate of drug-likeness (QED) is 0.150. The number of Topliss-reactive ketones (excluding diaryl/α,β-unsaturated/α-hetero) is 1. The number of carbonyl (C=O) groups is 2. The number of hydrogen-bond donors (Lipinski definition) is 6. The molecule has 13 nitrogen and oxygen atoms in total. The van der Waals surface area contributed by atoms with Crippen LogP contribution in [0.2, 0.25) is 0 Å². The SMILES string of the molecule is CCCCCCCC(=O)CC[C@H](NS(=O)(=O)N[C@H](C(=O)O)C(C)O)c1nc([C@@H](N)CO)no1. The average molecular weight is 494 g/mol. The third-order valence-corrected chi connectivity index (χ3v) is 6.04. The van der Waals surface area contributed by atoms with Gasteiger partial charge in [0.05, 0.1) is 18.8 Å². The second kappa shape index (κ2) is 14.3. The maximum atomic E-state index is 12.5. The Labute approximate surface area is 193 Å². The van der Waals surface area contributed by atoms with E-state index in [9.17, 15) is 23.1 Å². The predicted molar refractivity (Wildman–Crippen MR) is 117 cm³/mol. The third-order valence-electron chi connectivity index (χ3n) is 4.88. The first-order valence-electron chi connectivity index (χ1n) is 10.9. The van der Waals surface area contributed by atoms with E-state index in [0.29, 0.717) is 6.42 Å². The van der Waals surface area contributed by atoms with Gasteiger partial charge in [-0.1, -0.05) is 37.8 Å². The van der Waals surface area contributed by atoms with Crippen LogP contribution in [-0.4, -0.2) is 64.4 Å². The Morgan fingerprint density at radius 1 is 1.15 bits per heavy atom. The maximum Gasteiger partial charge on any atom is 0.324 e. The predicted octanol–water partition coefficient (Wildman–Crippen LogP) is 0.0706. The van der Waals surface area contributed by atoms with Crippen molar-refractivity contribution in [2.45, 2.75) is 89.4 Å². The number of ketones is 1. The fraction of sp³-hybridized carbons (Fsp3) is 0.789. The Morgan fingerprint density at radius 3 is 2.39 bits per heavy atom. The normalized spacial score (nSPS) is 15.7. The van der Waals surface area contributed by atoms with E-state index in [4.69, 9.17) is 20.5 Å². The van der Waals surface area contributed by atoms with E-state index in [1.165, 1.54) is 0 Å². The number of hydrogen-bond acceptors (Lipinski definition) is 10. The van der Waals surface area contributed by atoms with Crippen molar-refractivity contribution < 1.29 is 37.8 Å². The Bertz CT molecular complexity index is 845. The van der Waals surface area contributed by atoms with E-state index in [1.54, 1.807) is 0 Å². The van der Waals surface area contributed by atoms with Gasteiger partial charge >= 0.3 is 5.97 Å². The lowest BCUT2D eigenvalue weighted by atomic mass is 10.0. The topological polar surface area (TPSA) is 218 Å². The first-order chi connectivity index (χ1) is 15.5. The van der Waals surface area contributed by atoms with Crippen LogP contribution < -0.4 is 15.2 Å². The van der Waals surface area contributed by atoms with Crippen molar-refractivity contribution in [1.82, 2.24) is 19.6 Å². The molecule has 1 aromatic heterocycles. The molecule has 1 aromatic rings. The summed E-state index contributed by atoms with van der Waals surface area (Å²) in [7, 11) is -4.47. The van der Waals surface area contributed by atoms with Gasteiger partial charge in [0.15, 0.2) is 5.82 Å². The maximum absolute atomic E-state index is 12.5. The number of aliphatic hydroxyl groups excluding tert-OH is 2. The van der Waals surface area contributed by atoms with Crippen molar-refractivity contribution >= 4 is 22.0 Å². The van der Waals surface area contributed by atoms with Gasteiger partial charge in [0.2, 0.25) is 5.89 Å². The molecule has 0 radical (unpaired) electrons. The number of carboxylic acid groups (broad SMARTS) is 1. The molecular weight excluding hydrogens is 458 g/mol. The largest absolute Gasteiger partial charge is 0.480 e. The minimum absolute atomic E-state index is 0.0174. The number of aromatic nitrogens is 2. The van der Waals surface area contributed by atoms with Gasteiger partial charge in [-0.05, 0) is 19.8 Å². The van der Waals surface area contributed by atoms with Crippen LogP contribution in [0.5, 0.6) is 0 Å². The molecule has 0 aliphatic rings. The number of aliphatic hydroxyl groups is 2. The van der Waals surface area contributed by atoms with Crippen molar-refractivity contribution in [3.63, 3.8) is 0 Å². The minimum atomic E-state index is -4.47. The highest BCUT2D eigenvalue weighted by molar-refractivity contribution is 7.87. The summed E-state index contributed by atoms with van der Waals surface area (Å²) in [6, 6.07) is -3.91. The van der Waals surface area contributed by atoms with E-state index in [0.717, 1.165) is 39.0 Å². The Hall–Kier alpha value is -1.97. The van der Waals surface area contributed by atoms with Crippen LogP contribution in [0.15, 0.2) is 4.52 Å². The molecule has 33 heavy (non-hydrogen) atoms. The molecule has 0 saturated carbocycles. The summed E-state index contributed by atoms with van der Waals surface area (Å²) in [5.74, 6) is -1.89. The third kappa shape index (κ3) is 10.7. The second-order valence-electron chi connectivity index (χ2n) is 7.87. The molecule has 0 aromatic carbocycles. The number of nitrogens with two attached hydrogens (primary N) is 1. The number of carbonyl (C=O) groups excluding carboxylic acids is 1. The van der Waals surface area contributed by atoms with Crippen LogP contribution in [0.3, 0.4) is 0 Å². The molecule has 7 N–H and O–H groups in total. The van der Waals surface area contributed by atoms with E-state index < -0.39 is 47.0 Å². The monoisotopic (exact) mass is 493 g/mol. The first-order valence-corrected chi connectivity index (χ1v) is 12.4. The molecule has 1 unspecified atom stereocenters. The number of aliphatic carboxylic acids is 1. The molecule has 0 aliphatic carbocycles. The Morgan fingerprint density at radius 2 is 1.82 bits per heavy atom. The summed E-state index contributed by atoms with van der Waals surface area (Å²) >= 11 is 0. The summed E-state index contributed by atoms with van der Waals surface area (Å²) in [5, 5.41) is 31.4. The van der Waals surface area contributed by atoms with Crippen molar-refractivity contribution in [1.29, 1.82) is 0 Å². The zero-order chi connectivity index (χ0) is 25.0. The number of carboxylic acids is 1. The van der Waals surface area contributed by atoms with Crippen LogP contribution in [0, 0.1) is 0 Å². The van der Waals surface area contributed by atoms with Crippen LogP contribution >= 0.6 is 0 Å². The summed E-state index contributed by atoms with van der Waals surface area (Å²) in [4.78, 5) is 27.5. The van der Waals surface area contributed by atoms with Gasteiger partial charge in [-0.25, -0.2) is 0 Å². The van der Waals surface area contributed by atoms with Crippen LogP contribution in [0.1, 0.15) is 89.0 Å². The van der Waals surface area contributed by atoms with Crippen LogP contribution in [0.25, 0.3) is 0 Å². The summed E-state index contributed by atoms with van der Waals surface area (Å²) in [5.41, 5.74) is 5.65. The van der Waals surface area contributed by atoms with Crippen molar-refractivity contribution in [2.75, 3.05) is 6.61 Å². The lowest BCUT2D eigenvalue weighted by molar-refractivity contribution is -0.141. The molecule has 0 fully saturated rings. The summed E-state index contributed by atoms with van der Waals surface area (Å²) < 4.78 is 34.1. The highest BCUT2D eigenvalue weighted by Crippen LogP contribution is 2.20. The molecule has 0 aliphatic heterocycles. The molecule has 190 valence electrons. The smallest absolute Gasteiger partial charge is 0.324 e. The van der Waals surface area contributed by atoms with Gasteiger partial charge in [-0.15, -0.1) is 0 Å². The van der Waals surface area contributed by atoms with Gasteiger partial charge in [0.25, 0.3) is 10.2 Å². The van der Waals surface area contributed by atoms with E-state index in [2.05, 4.69) is 21.8 Å². The molecule has 1 heterocycles. The lowest BCUT2D eigenvalue weighted by Crippen LogP contribution is -2.52. The first kappa shape index (κ1) is 29.1. The van der Waals surface area contributed by atoms with E-state index >= 15 is 0 Å². The minimum Gasteiger partial charge on any atom is -0.480 e. The van der Waals surface area contributed by atoms with Gasteiger partial charge < -0.3 is 25.6 Å². The number of nitrogens with one attached hydrogen (secondary N) is 2. The van der Waals surface area contributed by atoms with Gasteiger partial charge in [0.1, 0.15) is 17.9 Å². The fourth-order valence-corrected chi connectivity index (χ4v) is 4.25. The average Bonchev–Trinajstić information content (AvgIpc) is 3.24. The molecule has 4 atom stereocenters. The van der Waals surface area contributed by atoms with Crippen molar-refractivity contribution in [3.05, 3.63) is 11.7 Å². The van der Waals surface area contributed by atoms with Gasteiger partial charge in [0, 0.05) is 12.8 Å². The number of unbranched alkanes of at least 4 members (excludes halogenated alkanes) is 4. The molecule has 0 spiro atoms. The van der Waals surface area contributed by atoms with Crippen molar-refractivity contribution in [3.8, 4) is 0 Å². The second-order valence-corrected chi connectivity index (χ2v) is 9.35. The number of rotatable bonds is 18. The standard InChI is InChI=1S/C19H35N5O8S/c1-3-4-5-6-7-8-13(27)9-10-15(18-21-17(22-32-18)14(20)11-25)23-33(30,31)24-16(12(2)26)19(28)29/h12,14-16,23-26H,3-11,20H2,1-2H3,(H,28,29)/t12?,14-,15-,16-/m0/s1. The molecule has 14 heteroatoms. The Kier molecular flexibility index (Phi) is 12.6. The molecule has 0 saturated heterocycles. The molecule has 0 amide bonds. The van der Waals surface area contributed by atoms with E-state index in [-0.39, 0.29) is 30.3 Å². The van der Waals surface area contributed by atoms with Gasteiger partial charge in [-0.2, -0.15) is 22.8 Å². The number of nitrogens with zero attached hydrogens (tertiary/aromatic N) is 2. The molecule has 0 bridgehead atoms. The highest BCUT2D eigenvalue weighted by Gasteiger charge is 2.32. The highest BCUT2D eigenvalue weighted by atomic mass is 32.2. The Balaban J connectivity index is 2.91. The van der Waals surface area contributed by atoms with Gasteiger partial charge in [-0.3, -0.25) is 9.59 Å².